The first-order valence-corrected chi connectivity index (χ1v) is 3.92. The quantitative estimate of drug-likeness (QED) is 0.639. The number of H-pyrrole nitrogens is 1. The highest BCUT2D eigenvalue weighted by atomic mass is 14.8. The summed E-state index contributed by atoms with van der Waals surface area (Å²) in [5.74, 6) is 0.640. The maximum Gasteiger partial charge on any atom is 0.0561 e. The number of aliphatic imine (C=N–C) groups is 1. The van der Waals surface area contributed by atoms with E-state index in [-0.39, 0.29) is 0 Å². The second-order valence-electron chi connectivity index (χ2n) is 3.01. The van der Waals surface area contributed by atoms with Crippen molar-refractivity contribution in [2.75, 3.05) is 6.54 Å². The predicted molar refractivity (Wildman–Crippen MR) is 48.1 cm³/mol. The lowest BCUT2D eigenvalue weighted by molar-refractivity contribution is 0.667. The summed E-state index contributed by atoms with van der Waals surface area (Å²) in [5, 5.41) is 0. The van der Waals surface area contributed by atoms with Crippen molar-refractivity contribution in [1.29, 1.82) is 0 Å². The maximum absolute atomic E-state index is 4.26. The van der Waals surface area contributed by atoms with Gasteiger partial charge in [-0.25, -0.2) is 0 Å². The fourth-order valence-corrected chi connectivity index (χ4v) is 0.786. The Kier molecular flexibility index (Phi) is 2.90. The van der Waals surface area contributed by atoms with Gasteiger partial charge in [-0.05, 0) is 18.1 Å². The van der Waals surface area contributed by atoms with Gasteiger partial charge >= 0.3 is 0 Å². The Balaban J connectivity index is 2.37. The molecule has 0 fully saturated rings. The minimum absolute atomic E-state index is 0.640. The second-order valence-corrected chi connectivity index (χ2v) is 3.01. The van der Waals surface area contributed by atoms with Crippen molar-refractivity contribution in [2.24, 2.45) is 10.9 Å². The van der Waals surface area contributed by atoms with Gasteiger partial charge in [0, 0.05) is 19.0 Å². The zero-order valence-corrected chi connectivity index (χ0v) is 7.04. The average Bonchev–Trinajstić information content (AvgIpc) is 2.39. The first-order valence-electron chi connectivity index (χ1n) is 3.92. The molecule has 0 aromatic carbocycles. The van der Waals surface area contributed by atoms with Gasteiger partial charge in [-0.15, -0.1) is 0 Å². The van der Waals surface area contributed by atoms with E-state index in [1.807, 2.05) is 24.5 Å². The van der Waals surface area contributed by atoms with Crippen LogP contribution in [0.4, 0.5) is 0 Å². The van der Waals surface area contributed by atoms with Crippen LogP contribution in [0.15, 0.2) is 23.3 Å². The number of nitrogens with zero attached hydrogens (tertiary/aromatic N) is 1. The fourth-order valence-electron chi connectivity index (χ4n) is 0.786. The largest absolute Gasteiger partial charge is 0.360 e. The summed E-state index contributed by atoms with van der Waals surface area (Å²) in [6, 6.07) is 3.97. The van der Waals surface area contributed by atoms with Gasteiger partial charge in [0.2, 0.25) is 0 Å². The number of aromatic nitrogens is 1. The van der Waals surface area contributed by atoms with Crippen molar-refractivity contribution in [3.63, 3.8) is 0 Å². The number of hydrogen-bond acceptors (Lipinski definition) is 1. The van der Waals surface area contributed by atoms with Crippen molar-refractivity contribution in [1.82, 2.24) is 4.98 Å². The molecule has 0 amide bonds. The van der Waals surface area contributed by atoms with Crippen LogP contribution in [0.25, 0.3) is 0 Å². The molecule has 0 aliphatic rings. The van der Waals surface area contributed by atoms with Gasteiger partial charge in [-0.2, -0.15) is 0 Å². The topological polar surface area (TPSA) is 28.1 Å². The van der Waals surface area contributed by atoms with Crippen molar-refractivity contribution in [3.8, 4) is 0 Å². The lowest BCUT2D eigenvalue weighted by Gasteiger charge is -1.95. The summed E-state index contributed by atoms with van der Waals surface area (Å²) in [6.07, 6.45) is 3.77. The Morgan fingerprint density at radius 2 is 2.45 bits per heavy atom. The standard InChI is InChI=1S/C9H14N2/c1-8(2)6-10-7-9-4-3-5-11-9/h3-5,7-8,11H,6H2,1-2H3. The molecule has 11 heavy (non-hydrogen) atoms. The SMILES string of the molecule is CC(C)CN=Cc1ccc[nH]1. The number of hydrogen-bond donors (Lipinski definition) is 1. The van der Waals surface area contributed by atoms with Gasteiger partial charge in [0.1, 0.15) is 0 Å². The average molecular weight is 150 g/mol. The summed E-state index contributed by atoms with van der Waals surface area (Å²) in [4.78, 5) is 7.32. The van der Waals surface area contributed by atoms with Crippen LogP contribution in [-0.2, 0) is 0 Å². The van der Waals surface area contributed by atoms with Crippen molar-refractivity contribution in [3.05, 3.63) is 24.0 Å². The molecule has 0 atom stereocenters. The van der Waals surface area contributed by atoms with E-state index in [0.29, 0.717) is 5.92 Å². The van der Waals surface area contributed by atoms with Gasteiger partial charge in [0.15, 0.2) is 0 Å². The van der Waals surface area contributed by atoms with Gasteiger partial charge in [-0.3, -0.25) is 4.99 Å². The smallest absolute Gasteiger partial charge is 0.0561 e. The summed E-state index contributed by atoms with van der Waals surface area (Å²) in [7, 11) is 0. The van der Waals surface area contributed by atoms with Gasteiger partial charge in [0.25, 0.3) is 0 Å². The molecule has 1 aromatic rings. The molecule has 0 aliphatic heterocycles. The highest BCUT2D eigenvalue weighted by Gasteiger charge is 1.88. The third kappa shape index (κ3) is 3.03. The molecule has 0 bridgehead atoms. The third-order valence-electron chi connectivity index (χ3n) is 1.32. The van der Waals surface area contributed by atoms with E-state index in [0.717, 1.165) is 12.2 Å². The van der Waals surface area contributed by atoms with Crippen LogP contribution in [-0.4, -0.2) is 17.7 Å². The molecule has 1 N–H and O–H groups in total. The molecule has 0 saturated heterocycles. The molecule has 2 nitrogen and oxygen atoms in total. The van der Waals surface area contributed by atoms with Crippen LogP contribution >= 0.6 is 0 Å². The first kappa shape index (κ1) is 8.05. The molecule has 1 heterocycles. The molecule has 1 aromatic heterocycles. The molecule has 0 saturated carbocycles. The molecule has 1 rings (SSSR count). The Bertz CT molecular complexity index is 209. The highest BCUT2D eigenvalue weighted by Crippen LogP contribution is 1.93. The van der Waals surface area contributed by atoms with Crippen LogP contribution < -0.4 is 0 Å². The lowest BCUT2D eigenvalue weighted by atomic mass is 10.2. The fraction of sp³-hybridized carbons (Fsp3) is 0.444. The van der Waals surface area contributed by atoms with Gasteiger partial charge in [0.05, 0.1) is 5.69 Å². The zero-order valence-electron chi connectivity index (χ0n) is 7.04. The van der Waals surface area contributed by atoms with E-state index in [1.165, 1.54) is 0 Å². The lowest BCUT2D eigenvalue weighted by Crippen LogP contribution is -1.92. The Labute approximate surface area is 67.4 Å². The molecule has 0 unspecified atom stereocenters. The monoisotopic (exact) mass is 150 g/mol. The van der Waals surface area contributed by atoms with Crippen LogP contribution in [0.1, 0.15) is 19.5 Å². The normalized spacial score (nSPS) is 11.5. The summed E-state index contributed by atoms with van der Waals surface area (Å²) >= 11 is 0. The highest BCUT2D eigenvalue weighted by molar-refractivity contribution is 5.76. The van der Waals surface area contributed by atoms with E-state index in [9.17, 15) is 0 Å². The number of nitrogens with one attached hydrogen (secondary N) is 1. The summed E-state index contributed by atoms with van der Waals surface area (Å²) < 4.78 is 0. The van der Waals surface area contributed by atoms with Crippen molar-refractivity contribution >= 4 is 6.21 Å². The van der Waals surface area contributed by atoms with E-state index >= 15 is 0 Å². The minimum atomic E-state index is 0.640. The second kappa shape index (κ2) is 3.96. The number of rotatable bonds is 3. The van der Waals surface area contributed by atoms with Crippen LogP contribution in [0, 0.1) is 5.92 Å². The van der Waals surface area contributed by atoms with Gasteiger partial charge in [-0.1, -0.05) is 13.8 Å². The number of aromatic amines is 1. The molecule has 2 heteroatoms. The Morgan fingerprint density at radius 3 is 3.00 bits per heavy atom. The van der Waals surface area contributed by atoms with Crippen molar-refractivity contribution in [2.45, 2.75) is 13.8 Å². The van der Waals surface area contributed by atoms with Crippen LogP contribution in [0.5, 0.6) is 0 Å². The van der Waals surface area contributed by atoms with Crippen LogP contribution in [0.3, 0.4) is 0 Å². The molecular weight excluding hydrogens is 136 g/mol. The molecule has 0 aliphatic carbocycles. The van der Waals surface area contributed by atoms with E-state index in [1.54, 1.807) is 0 Å². The maximum atomic E-state index is 4.26. The molecule has 0 radical (unpaired) electrons. The molecule has 0 spiro atoms. The molecule has 60 valence electrons. The zero-order chi connectivity index (χ0) is 8.10. The molecular formula is C9H14N2. The summed E-state index contributed by atoms with van der Waals surface area (Å²) in [5.41, 5.74) is 1.07. The van der Waals surface area contributed by atoms with E-state index in [4.69, 9.17) is 0 Å². The predicted octanol–water partition coefficient (Wildman–Crippen LogP) is 2.09. The minimum Gasteiger partial charge on any atom is -0.360 e. The van der Waals surface area contributed by atoms with Gasteiger partial charge < -0.3 is 4.98 Å². The van der Waals surface area contributed by atoms with Crippen molar-refractivity contribution < 1.29 is 0 Å². The summed E-state index contributed by atoms with van der Waals surface area (Å²) in [6.45, 7) is 5.22. The Hall–Kier alpha value is -1.05. The van der Waals surface area contributed by atoms with E-state index < -0.39 is 0 Å². The van der Waals surface area contributed by atoms with Crippen LogP contribution in [0.2, 0.25) is 0 Å². The third-order valence-corrected chi connectivity index (χ3v) is 1.32. The van der Waals surface area contributed by atoms with E-state index in [2.05, 4.69) is 23.8 Å². The Morgan fingerprint density at radius 1 is 1.64 bits per heavy atom. The first-order chi connectivity index (χ1) is 5.29.